The van der Waals surface area contributed by atoms with Gasteiger partial charge in [-0.2, -0.15) is 0 Å². The lowest BCUT2D eigenvalue weighted by Crippen LogP contribution is -2.60. The minimum atomic E-state index is -1.71. The van der Waals surface area contributed by atoms with Crippen molar-refractivity contribution in [3.8, 4) is 0 Å². The second-order valence-corrected chi connectivity index (χ2v) is 18.2. The average Bonchev–Trinajstić information content (AvgIpc) is 3.90. The molecule has 7 atom stereocenters. The third-order valence-electron chi connectivity index (χ3n) is 11.5. The number of para-hydroxylation sites is 2. The summed E-state index contributed by atoms with van der Waals surface area (Å²) in [5.41, 5.74) is 13.6. The van der Waals surface area contributed by atoms with Crippen molar-refractivity contribution in [2.75, 3.05) is 0 Å². The average molecular weight is 989 g/mol. The number of nitrogens with two attached hydrogens (primary N) is 2. The van der Waals surface area contributed by atoms with Gasteiger partial charge in [-0.15, -0.1) is 0 Å². The SMILES string of the molecule is CC(C)CC(N)C(=O)NC(CC(=O)O)C(=O)NC(Cc1c[nH]c2ccccc12)C(=O)NC(CCC(=O)O)C(=O)NC(Cc1c[nH]c2ccccc12)C(=O)NC(CC(C)C)C(=O)NC(CCC(N)=O)C(=O)O. The monoisotopic (exact) mass is 988 g/mol. The number of carbonyl (C=O) groups is 10. The van der Waals surface area contributed by atoms with Gasteiger partial charge >= 0.3 is 17.9 Å². The van der Waals surface area contributed by atoms with E-state index in [1.54, 1.807) is 74.8 Å². The summed E-state index contributed by atoms with van der Waals surface area (Å²) in [5, 5.41) is 45.5. The number of H-pyrrole nitrogens is 2. The third kappa shape index (κ3) is 17.3. The predicted molar refractivity (Wildman–Crippen MR) is 258 cm³/mol. The quantitative estimate of drug-likeness (QED) is 0.0352. The fourth-order valence-electron chi connectivity index (χ4n) is 7.88. The zero-order valence-corrected chi connectivity index (χ0v) is 39.9. The molecule has 0 aliphatic heterocycles. The first kappa shape index (κ1) is 55.8. The number of hydrogen-bond donors (Lipinski definition) is 13. The summed E-state index contributed by atoms with van der Waals surface area (Å²) in [6, 6.07) is 3.54. The number of hydrogen-bond acceptors (Lipinski definition) is 11. The molecule has 0 spiro atoms. The second kappa shape index (κ2) is 26.2. The Balaban J connectivity index is 1.70. The van der Waals surface area contributed by atoms with E-state index in [-0.39, 0.29) is 50.4 Å². The van der Waals surface area contributed by atoms with Crippen molar-refractivity contribution >= 4 is 81.1 Å². The maximum atomic E-state index is 14.5. The largest absolute Gasteiger partial charge is 0.481 e. The lowest BCUT2D eigenvalue weighted by atomic mass is 9.99. The van der Waals surface area contributed by atoms with Crippen LogP contribution in [0.2, 0.25) is 0 Å². The van der Waals surface area contributed by atoms with Crippen LogP contribution in [0.15, 0.2) is 60.9 Å². The van der Waals surface area contributed by atoms with E-state index in [4.69, 9.17) is 11.5 Å². The molecule has 0 radical (unpaired) electrons. The summed E-state index contributed by atoms with van der Waals surface area (Å²) in [4.78, 5) is 137. The maximum absolute atomic E-state index is 14.5. The molecule has 7 unspecified atom stereocenters. The number of benzene rings is 2. The fourth-order valence-corrected chi connectivity index (χ4v) is 7.88. The van der Waals surface area contributed by atoms with Gasteiger partial charge in [-0.05, 0) is 60.8 Å². The second-order valence-electron chi connectivity index (χ2n) is 18.2. The summed E-state index contributed by atoms with van der Waals surface area (Å²) in [6.07, 6.45) is 0.125. The first-order valence-electron chi connectivity index (χ1n) is 23.1. The van der Waals surface area contributed by atoms with Crippen LogP contribution < -0.4 is 43.4 Å². The highest BCUT2D eigenvalue weighted by Crippen LogP contribution is 2.21. The van der Waals surface area contributed by atoms with Gasteiger partial charge in [0.2, 0.25) is 41.4 Å². The van der Waals surface area contributed by atoms with E-state index >= 15 is 0 Å². The van der Waals surface area contributed by atoms with Gasteiger partial charge < -0.3 is 68.7 Å². The van der Waals surface area contributed by atoms with Crippen molar-refractivity contribution in [3.63, 3.8) is 0 Å². The number of carboxylic acid groups (broad SMARTS) is 3. The van der Waals surface area contributed by atoms with Gasteiger partial charge in [-0.25, -0.2) is 4.79 Å². The number of primary amides is 1. The van der Waals surface area contributed by atoms with Crippen molar-refractivity contribution in [1.29, 1.82) is 0 Å². The fraction of sp³-hybridized carbons (Fsp3) is 0.458. The Morgan fingerprint density at radius 2 is 0.915 bits per heavy atom. The molecule has 7 amide bonds. The van der Waals surface area contributed by atoms with Crippen molar-refractivity contribution in [2.45, 2.75) is 128 Å². The van der Waals surface area contributed by atoms with E-state index in [0.29, 0.717) is 32.9 Å². The van der Waals surface area contributed by atoms with Crippen LogP contribution in [0.4, 0.5) is 0 Å². The zero-order chi connectivity index (χ0) is 52.5. The summed E-state index contributed by atoms with van der Waals surface area (Å²) < 4.78 is 0. The lowest BCUT2D eigenvalue weighted by molar-refractivity contribution is -0.143. The van der Waals surface area contributed by atoms with E-state index in [9.17, 15) is 63.3 Å². The van der Waals surface area contributed by atoms with Crippen LogP contribution in [0.5, 0.6) is 0 Å². The standard InChI is InChI=1S/C48H64N10O13/c1-24(2)17-30(49)42(64)55-38(21-41(62)63)47(69)58-36(19-26-22-51-31-11-7-5-9-28(26)31)45(67)53-33(14-16-40(60)61)43(65)57-37(20-27-23-52-32-12-8-6-10-29(27)32)46(68)56-35(18-25(3)4)44(66)54-34(48(70)71)13-15-39(50)59/h5-12,22-25,30,33-38,51-52H,13-21,49H2,1-4H3,(H2,50,59)(H,53,67)(H,54,66)(H,55,64)(H,56,68)(H,57,65)(H,58,69)(H,60,61)(H,62,63)(H,70,71). The number of aliphatic carboxylic acids is 3. The predicted octanol–water partition coefficient (Wildman–Crippen LogP) is 0.452. The Hall–Kier alpha value is -7.82. The van der Waals surface area contributed by atoms with Crippen molar-refractivity contribution in [3.05, 3.63) is 72.1 Å². The molecule has 71 heavy (non-hydrogen) atoms. The van der Waals surface area contributed by atoms with E-state index < -0.39 is 121 Å². The molecule has 23 nitrogen and oxygen atoms in total. The molecule has 4 rings (SSSR count). The summed E-state index contributed by atoms with van der Waals surface area (Å²) >= 11 is 0. The van der Waals surface area contributed by atoms with Crippen LogP contribution >= 0.6 is 0 Å². The molecule has 23 heteroatoms. The Bertz CT molecular complexity index is 2570. The van der Waals surface area contributed by atoms with Gasteiger partial charge in [0.1, 0.15) is 36.3 Å². The van der Waals surface area contributed by atoms with Crippen molar-refractivity contribution in [2.24, 2.45) is 23.3 Å². The highest BCUT2D eigenvalue weighted by Gasteiger charge is 2.35. The van der Waals surface area contributed by atoms with Crippen LogP contribution in [0.3, 0.4) is 0 Å². The molecule has 2 aromatic heterocycles. The smallest absolute Gasteiger partial charge is 0.326 e. The summed E-state index contributed by atoms with van der Waals surface area (Å²) in [7, 11) is 0. The lowest BCUT2D eigenvalue weighted by Gasteiger charge is -2.28. The van der Waals surface area contributed by atoms with Crippen LogP contribution in [-0.2, 0) is 60.8 Å². The molecular weight excluding hydrogens is 925 g/mol. The first-order valence-corrected chi connectivity index (χ1v) is 23.1. The van der Waals surface area contributed by atoms with Gasteiger partial charge in [0, 0.05) is 59.9 Å². The summed E-state index contributed by atoms with van der Waals surface area (Å²) in [6.45, 7) is 7.12. The topological polar surface area (TPSA) is 387 Å². The summed E-state index contributed by atoms with van der Waals surface area (Å²) in [5.74, 6) is -11.1. The molecule has 4 aromatic rings. The minimum absolute atomic E-state index is 0.00390. The molecular formula is C48H64N10O13. The molecule has 15 N–H and O–H groups in total. The van der Waals surface area contributed by atoms with Gasteiger partial charge in [0.15, 0.2) is 0 Å². The molecule has 0 aliphatic carbocycles. The highest BCUT2D eigenvalue weighted by molar-refractivity contribution is 5.99. The molecule has 2 heterocycles. The number of rotatable bonds is 29. The Morgan fingerprint density at radius 3 is 1.38 bits per heavy atom. The van der Waals surface area contributed by atoms with E-state index in [0.717, 1.165) is 0 Å². The van der Waals surface area contributed by atoms with Gasteiger partial charge in [0.25, 0.3) is 0 Å². The number of carboxylic acids is 3. The van der Waals surface area contributed by atoms with Crippen LogP contribution in [0.25, 0.3) is 21.8 Å². The van der Waals surface area contributed by atoms with Crippen LogP contribution in [0.1, 0.15) is 83.8 Å². The normalized spacial score (nSPS) is 14.3. The van der Waals surface area contributed by atoms with E-state index in [1.807, 2.05) is 13.8 Å². The van der Waals surface area contributed by atoms with Crippen LogP contribution in [0, 0.1) is 11.8 Å². The molecule has 0 fully saturated rings. The van der Waals surface area contributed by atoms with E-state index in [2.05, 4.69) is 41.9 Å². The molecule has 0 bridgehead atoms. The first-order chi connectivity index (χ1) is 33.5. The van der Waals surface area contributed by atoms with Gasteiger partial charge in [0.05, 0.1) is 12.5 Å². The molecule has 0 saturated carbocycles. The highest BCUT2D eigenvalue weighted by atomic mass is 16.4. The van der Waals surface area contributed by atoms with Crippen LogP contribution in [-0.4, -0.2) is 127 Å². The number of aromatic nitrogens is 2. The molecule has 2 aromatic carbocycles. The Morgan fingerprint density at radius 1 is 0.507 bits per heavy atom. The number of nitrogens with one attached hydrogen (secondary N) is 8. The minimum Gasteiger partial charge on any atom is -0.481 e. The number of carbonyl (C=O) groups excluding carboxylic acids is 7. The maximum Gasteiger partial charge on any atom is 0.326 e. The van der Waals surface area contributed by atoms with Gasteiger partial charge in [-0.1, -0.05) is 64.1 Å². The van der Waals surface area contributed by atoms with Gasteiger partial charge in [-0.3, -0.25) is 43.2 Å². The third-order valence-corrected chi connectivity index (χ3v) is 11.5. The molecule has 0 saturated heterocycles. The Labute approximate surface area is 408 Å². The number of fused-ring (bicyclic) bond motifs is 2. The number of aromatic amines is 2. The zero-order valence-electron chi connectivity index (χ0n) is 39.9. The molecule has 384 valence electrons. The molecule has 0 aliphatic rings. The van der Waals surface area contributed by atoms with Crippen molar-refractivity contribution < 1.29 is 63.3 Å². The number of amides is 7. The van der Waals surface area contributed by atoms with E-state index in [1.165, 1.54) is 0 Å². The Kier molecular flexibility index (Phi) is 20.6. The van der Waals surface area contributed by atoms with Crippen molar-refractivity contribution in [1.82, 2.24) is 41.9 Å².